The first kappa shape index (κ1) is 15.1. The summed E-state index contributed by atoms with van der Waals surface area (Å²) in [5.74, 6) is 1.84. The zero-order valence-corrected chi connectivity index (χ0v) is 14.7. The molecule has 2 aromatic heterocycles. The Labute approximate surface area is 142 Å². The van der Waals surface area contributed by atoms with E-state index in [1.165, 1.54) is 11.1 Å². The molecule has 24 heavy (non-hydrogen) atoms. The van der Waals surface area contributed by atoms with Gasteiger partial charge < -0.3 is 4.90 Å². The van der Waals surface area contributed by atoms with Crippen LogP contribution in [0.3, 0.4) is 0 Å². The van der Waals surface area contributed by atoms with Crippen molar-refractivity contribution in [2.75, 3.05) is 11.9 Å². The average molecular weight is 321 g/mol. The highest BCUT2D eigenvalue weighted by Gasteiger charge is 2.27. The summed E-state index contributed by atoms with van der Waals surface area (Å²) in [4.78, 5) is 2.28. The molecular weight excluding hydrogens is 298 g/mol. The van der Waals surface area contributed by atoms with Crippen LogP contribution in [-0.4, -0.2) is 26.9 Å². The summed E-state index contributed by atoms with van der Waals surface area (Å²) < 4.78 is 1.88. The van der Waals surface area contributed by atoms with Gasteiger partial charge in [-0.25, -0.2) is 0 Å². The van der Waals surface area contributed by atoms with Crippen molar-refractivity contribution in [1.82, 2.24) is 19.8 Å². The molecule has 0 N–H and O–H groups in total. The lowest BCUT2D eigenvalue weighted by Gasteiger charge is -2.26. The van der Waals surface area contributed by atoms with Gasteiger partial charge in [0.05, 0.1) is 6.04 Å². The van der Waals surface area contributed by atoms with Gasteiger partial charge in [0.2, 0.25) is 0 Å². The number of anilines is 1. The molecule has 0 radical (unpaired) electrons. The standard InChI is InChI=1S/C19H23N5/c1-19(2,3)18-21-20-16-11-12-17(22-24(16)18)23(4)15-10-9-13-7-5-6-8-14(13)15/h5-8,11-12,15H,9-10H2,1-4H3. The number of hydrogen-bond donors (Lipinski definition) is 0. The van der Waals surface area contributed by atoms with Crippen molar-refractivity contribution >= 4 is 11.5 Å². The SMILES string of the molecule is CN(c1ccc2nnc(C(C)(C)C)n2n1)C1CCc2ccccc21. The molecule has 0 saturated carbocycles. The Morgan fingerprint density at radius 3 is 2.67 bits per heavy atom. The molecule has 1 atom stereocenters. The molecule has 0 aliphatic heterocycles. The molecule has 1 aliphatic rings. The van der Waals surface area contributed by atoms with Crippen LogP contribution in [0.15, 0.2) is 36.4 Å². The molecule has 0 fully saturated rings. The van der Waals surface area contributed by atoms with Crippen molar-refractivity contribution in [2.45, 2.75) is 45.1 Å². The van der Waals surface area contributed by atoms with Gasteiger partial charge in [0.1, 0.15) is 5.82 Å². The lowest BCUT2D eigenvalue weighted by Crippen LogP contribution is -2.25. The zero-order chi connectivity index (χ0) is 16.9. The van der Waals surface area contributed by atoms with Gasteiger partial charge in [-0.2, -0.15) is 4.52 Å². The van der Waals surface area contributed by atoms with Gasteiger partial charge >= 0.3 is 0 Å². The van der Waals surface area contributed by atoms with Crippen molar-refractivity contribution < 1.29 is 0 Å². The number of aryl methyl sites for hydroxylation is 1. The second-order valence-corrected chi connectivity index (χ2v) is 7.60. The first-order chi connectivity index (χ1) is 11.4. The van der Waals surface area contributed by atoms with Crippen LogP contribution in [0.4, 0.5) is 5.82 Å². The fourth-order valence-corrected chi connectivity index (χ4v) is 3.53. The second-order valence-electron chi connectivity index (χ2n) is 7.60. The Morgan fingerprint density at radius 1 is 1.08 bits per heavy atom. The summed E-state index contributed by atoms with van der Waals surface area (Å²) in [5, 5.41) is 13.4. The minimum Gasteiger partial charge on any atom is -0.351 e. The van der Waals surface area contributed by atoms with E-state index in [9.17, 15) is 0 Å². The van der Waals surface area contributed by atoms with Crippen molar-refractivity contribution in [1.29, 1.82) is 0 Å². The van der Waals surface area contributed by atoms with Crippen molar-refractivity contribution in [3.05, 3.63) is 53.3 Å². The van der Waals surface area contributed by atoms with Crippen LogP contribution < -0.4 is 4.90 Å². The zero-order valence-electron chi connectivity index (χ0n) is 14.7. The molecule has 0 bridgehead atoms. The highest BCUT2D eigenvalue weighted by molar-refractivity contribution is 5.49. The normalized spacial score (nSPS) is 17.2. The first-order valence-electron chi connectivity index (χ1n) is 8.49. The van der Waals surface area contributed by atoms with E-state index >= 15 is 0 Å². The van der Waals surface area contributed by atoms with Crippen LogP contribution in [0.5, 0.6) is 0 Å². The number of aromatic nitrogens is 4. The molecular formula is C19H23N5. The summed E-state index contributed by atoms with van der Waals surface area (Å²) in [6, 6.07) is 13.1. The highest BCUT2D eigenvalue weighted by Crippen LogP contribution is 2.36. The highest BCUT2D eigenvalue weighted by atomic mass is 15.4. The lowest BCUT2D eigenvalue weighted by atomic mass is 9.96. The lowest BCUT2D eigenvalue weighted by molar-refractivity contribution is 0.525. The van der Waals surface area contributed by atoms with Crippen LogP contribution in [-0.2, 0) is 11.8 Å². The van der Waals surface area contributed by atoms with Crippen molar-refractivity contribution in [3.8, 4) is 0 Å². The van der Waals surface area contributed by atoms with E-state index in [-0.39, 0.29) is 5.41 Å². The smallest absolute Gasteiger partial charge is 0.178 e. The van der Waals surface area contributed by atoms with Gasteiger partial charge in [-0.1, -0.05) is 45.0 Å². The Kier molecular flexibility index (Phi) is 3.34. The molecule has 5 nitrogen and oxygen atoms in total. The summed E-state index contributed by atoms with van der Waals surface area (Å²) in [6.45, 7) is 6.40. The Balaban J connectivity index is 1.74. The molecule has 0 spiro atoms. The van der Waals surface area contributed by atoms with Gasteiger partial charge in [-0.15, -0.1) is 15.3 Å². The number of fused-ring (bicyclic) bond motifs is 2. The third-order valence-corrected chi connectivity index (χ3v) is 4.85. The number of benzene rings is 1. The Morgan fingerprint density at radius 2 is 1.88 bits per heavy atom. The van der Waals surface area contributed by atoms with E-state index in [1.54, 1.807) is 0 Å². The number of rotatable bonds is 2. The van der Waals surface area contributed by atoms with E-state index < -0.39 is 0 Å². The van der Waals surface area contributed by atoms with Crippen LogP contribution >= 0.6 is 0 Å². The Bertz CT molecular complexity index is 890. The molecule has 124 valence electrons. The largest absolute Gasteiger partial charge is 0.351 e. The summed E-state index contributed by atoms with van der Waals surface area (Å²) in [5.41, 5.74) is 3.57. The maximum atomic E-state index is 4.84. The van der Waals surface area contributed by atoms with Crippen LogP contribution in [0, 0.1) is 0 Å². The van der Waals surface area contributed by atoms with Crippen LogP contribution in [0.1, 0.15) is 50.2 Å². The quantitative estimate of drug-likeness (QED) is 0.724. The van der Waals surface area contributed by atoms with E-state index in [2.05, 4.69) is 67.2 Å². The molecule has 4 rings (SSSR count). The van der Waals surface area contributed by atoms with E-state index in [1.807, 2.05) is 16.6 Å². The summed E-state index contributed by atoms with van der Waals surface area (Å²) in [7, 11) is 2.13. The maximum absolute atomic E-state index is 4.84. The number of nitrogens with zero attached hydrogens (tertiary/aromatic N) is 5. The number of hydrogen-bond acceptors (Lipinski definition) is 4. The fourth-order valence-electron chi connectivity index (χ4n) is 3.53. The summed E-state index contributed by atoms with van der Waals surface area (Å²) >= 11 is 0. The third kappa shape index (κ3) is 2.35. The molecule has 2 heterocycles. The predicted molar refractivity (Wildman–Crippen MR) is 95.4 cm³/mol. The monoisotopic (exact) mass is 321 g/mol. The van der Waals surface area contributed by atoms with E-state index in [4.69, 9.17) is 5.10 Å². The van der Waals surface area contributed by atoms with Crippen molar-refractivity contribution in [2.24, 2.45) is 0 Å². The van der Waals surface area contributed by atoms with Gasteiger partial charge in [0, 0.05) is 12.5 Å². The molecule has 1 aromatic carbocycles. The van der Waals surface area contributed by atoms with E-state index in [0.29, 0.717) is 6.04 Å². The minimum absolute atomic E-state index is 0.0937. The predicted octanol–water partition coefficient (Wildman–Crippen LogP) is 3.55. The van der Waals surface area contributed by atoms with Gasteiger partial charge in [0.25, 0.3) is 0 Å². The molecule has 1 aliphatic carbocycles. The van der Waals surface area contributed by atoms with Crippen LogP contribution in [0.2, 0.25) is 0 Å². The van der Waals surface area contributed by atoms with Gasteiger partial charge in [-0.05, 0) is 36.1 Å². The minimum atomic E-state index is -0.0937. The molecule has 1 unspecified atom stereocenters. The summed E-state index contributed by atoms with van der Waals surface area (Å²) in [6.07, 6.45) is 2.26. The molecule has 0 amide bonds. The topological polar surface area (TPSA) is 46.3 Å². The maximum Gasteiger partial charge on any atom is 0.178 e. The van der Waals surface area contributed by atoms with Crippen molar-refractivity contribution in [3.63, 3.8) is 0 Å². The Hall–Kier alpha value is -2.43. The fraction of sp³-hybridized carbons (Fsp3) is 0.421. The second kappa shape index (κ2) is 5.30. The molecule has 5 heteroatoms. The first-order valence-corrected chi connectivity index (χ1v) is 8.49. The molecule has 0 saturated heterocycles. The third-order valence-electron chi connectivity index (χ3n) is 4.85. The van der Waals surface area contributed by atoms with Crippen LogP contribution in [0.25, 0.3) is 5.65 Å². The van der Waals surface area contributed by atoms with Gasteiger partial charge in [-0.3, -0.25) is 0 Å². The van der Waals surface area contributed by atoms with E-state index in [0.717, 1.165) is 30.1 Å². The average Bonchev–Trinajstić information content (AvgIpc) is 3.17. The molecule has 3 aromatic rings. The van der Waals surface area contributed by atoms with Gasteiger partial charge in [0.15, 0.2) is 11.5 Å².